The molecule has 0 saturated heterocycles. The Balaban J connectivity index is 0. The molecule has 0 saturated carbocycles. The van der Waals surface area contributed by atoms with Crippen LogP contribution in [0.5, 0.6) is 0 Å². The topological polar surface area (TPSA) is 36.4 Å². The van der Waals surface area contributed by atoms with Crippen LogP contribution in [0.1, 0.15) is 20.8 Å². The maximum Gasteiger partial charge on any atom is 0.191 e. The molecule has 0 aromatic rings. The summed E-state index contributed by atoms with van der Waals surface area (Å²) in [7, 11) is 1.79. The fraction of sp³-hybridized carbons (Fsp3) is 0.889. The quantitative estimate of drug-likeness (QED) is 0.359. The van der Waals surface area contributed by atoms with Crippen molar-refractivity contribution in [2.75, 3.05) is 25.6 Å². The minimum Gasteiger partial charge on any atom is -0.356 e. The van der Waals surface area contributed by atoms with Gasteiger partial charge < -0.3 is 10.6 Å². The lowest BCUT2D eigenvalue weighted by Crippen LogP contribution is -2.48. The highest BCUT2D eigenvalue weighted by molar-refractivity contribution is 14.0. The molecule has 0 aliphatic heterocycles. The van der Waals surface area contributed by atoms with Gasteiger partial charge in [0.15, 0.2) is 5.96 Å². The van der Waals surface area contributed by atoms with Gasteiger partial charge in [0, 0.05) is 24.9 Å². The maximum absolute atomic E-state index is 4.13. The van der Waals surface area contributed by atoms with Gasteiger partial charge in [-0.3, -0.25) is 4.99 Å². The van der Waals surface area contributed by atoms with Crippen LogP contribution in [0.4, 0.5) is 0 Å². The van der Waals surface area contributed by atoms with E-state index in [0.29, 0.717) is 0 Å². The van der Waals surface area contributed by atoms with Gasteiger partial charge in [-0.2, -0.15) is 11.8 Å². The molecule has 0 spiro atoms. The highest BCUT2D eigenvalue weighted by Gasteiger charge is 2.10. The van der Waals surface area contributed by atoms with Crippen LogP contribution in [0, 0.1) is 0 Å². The Kier molecular flexibility index (Phi) is 10.4. The van der Waals surface area contributed by atoms with Crippen molar-refractivity contribution in [2.24, 2.45) is 4.99 Å². The molecule has 0 aromatic heterocycles. The number of hydrogen-bond acceptors (Lipinski definition) is 2. The van der Waals surface area contributed by atoms with Gasteiger partial charge in [-0.1, -0.05) is 0 Å². The molecule has 14 heavy (non-hydrogen) atoms. The summed E-state index contributed by atoms with van der Waals surface area (Å²) in [4.78, 5) is 4.13. The van der Waals surface area contributed by atoms with Crippen molar-refractivity contribution in [3.05, 3.63) is 0 Å². The molecule has 0 unspecified atom stereocenters. The summed E-state index contributed by atoms with van der Waals surface area (Å²) in [6.45, 7) is 7.31. The Morgan fingerprint density at radius 2 is 1.93 bits per heavy atom. The van der Waals surface area contributed by atoms with Gasteiger partial charge in [0.05, 0.1) is 0 Å². The molecule has 0 aliphatic carbocycles. The van der Waals surface area contributed by atoms with E-state index in [-0.39, 0.29) is 29.5 Å². The molecule has 2 N–H and O–H groups in total. The first kappa shape index (κ1) is 16.8. The van der Waals surface area contributed by atoms with E-state index in [4.69, 9.17) is 0 Å². The van der Waals surface area contributed by atoms with Crippen LogP contribution >= 0.6 is 35.7 Å². The van der Waals surface area contributed by atoms with Gasteiger partial charge in [0.2, 0.25) is 0 Å². The monoisotopic (exact) mass is 331 g/mol. The molecule has 0 heterocycles. The lowest BCUT2D eigenvalue weighted by molar-refractivity contribution is 0.502. The molecule has 5 heteroatoms. The van der Waals surface area contributed by atoms with Crippen molar-refractivity contribution in [2.45, 2.75) is 26.3 Å². The second kappa shape index (κ2) is 8.64. The number of rotatable bonds is 3. The van der Waals surface area contributed by atoms with Gasteiger partial charge in [0.1, 0.15) is 0 Å². The summed E-state index contributed by atoms with van der Waals surface area (Å²) in [5, 5.41) is 6.54. The fourth-order valence-electron chi connectivity index (χ4n) is 0.806. The number of aliphatic imine (C=N–C) groups is 1. The molecular formula is C9H22IN3S. The van der Waals surface area contributed by atoms with Crippen LogP contribution in [-0.2, 0) is 0 Å². The Morgan fingerprint density at radius 1 is 1.36 bits per heavy atom. The highest BCUT2D eigenvalue weighted by atomic mass is 127. The second-order valence-corrected chi connectivity index (χ2v) is 4.85. The van der Waals surface area contributed by atoms with E-state index in [1.54, 1.807) is 7.05 Å². The molecule has 0 bridgehead atoms. The van der Waals surface area contributed by atoms with Crippen LogP contribution in [-0.4, -0.2) is 37.1 Å². The minimum atomic E-state index is 0. The normalized spacial score (nSPS) is 11.9. The molecule has 0 amide bonds. The Hall–Kier alpha value is 0.350. The third-order valence-corrected chi connectivity index (χ3v) is 1.93. The predicted molar refractivity (Wildman–Crippen MR) is 78.0 cm³/mol. The van der Waals surface area contributed by atoms with Gasteiger partial charge >= 0.3 is 0 Å². The van der Waals surface area contributed by atoms with E-state index in [0.717, 1.165) is 18.3 Å². The van der Waals surface area contributed by atoms with Gasteiger partial charge in [-0.05, 0) is 27.0 Å². The Morgan fingerprint density at radius 3 is 2.29 bits per heavy atom. The zero-order valence-electron chi connectivity index (χ0n) is 9.68. The van der Waals surface area contributed by atoms with E-state index in [1.807, 2.05) is 11.8 Å². The summed E-state index contributed by atoms with van der Waals surface area (Å²) in [5.74, 6) is 1.98. The molecular weight excluding hydrogens is 309 g/mol. The average molecular weight is 331 g/mol. The van der Waals surface area contributed by atoms with Crippen LogP contribution in [0.15, 0.2) is 4.99 Å². The number of halogens is 1. The predicted octanol–water partition coefficient (Wildman–Crippen LogP) is 1.93. The van der Waals surface area contributed by atoms with Crippen molar-refractivity contribution in [1.29, 1.82) is 0 Å². The summed E-state index contributed by atoms with van der Waals surface area (Å²) in [5.41, 5.74) is 0.0706. The van der Waals surface area contributed by atoms with Gasteiger partial charge in [-0.15, -0.1) is 24.0 Å². The van der Waals surface area contributed by atoms with Crippen molar-refractivity contribution < 1.29 is 0 Å². The first-order valence-corrected chi connectivity index (χ1v) is 5.87. The van der Waals surface area contributed by atoms with Crippen molar-refractivity contribution >= 4 is 41.7 Å². The van der Waals surface area contributed by atoms with Gasteiger partial charge in [-0.25, -0.2) is 0 Å². The Labute approximate surface area is 109 Å². The first-order valence-electron chi connectivity index (χ1n) is 4.47. The zero-order valence-corrected chi connectivity index (χ0v) is 12.8. The summed E-state index contributed by atoms with van der Waals surface area (Å²) in [6.07, 6.45) is 2.10. The lowest BCUT2D eigenvalue weighted by Gasteiger charge is -2.23. The lowest BCUT2D eigenvalue weighted by atomic mass is 10.1. The molecule has 0 atom stereocenters. The Bertz CT molecular complexity index is 166. The smallest absolute Gasteiger partial charge is 0.191 e. The number of hydrogen-bond donors (Lipinski definition) is 2. The number of guanidine groups is 1. The van der Waals surface area contributed by atoms with E-state index in [2.05, 4.69) is 42.7 Å². The fourth-order valence-corrected chi connectivity index (χ4v) is 1.11. The van der Waals surface area contributed by atoms with E-state index in [1.165, 1.54) is 0 Å². The maximum atomic E-state index is 4.13. The van der Waals surface area contributed by atoms with Crippen molar-refractivity contribution in [3.63, 3.8) is 0 Å². The SMILES string of the molecule is CN=C(NCCSC)NC(C)(C)C.I. The number of nitrogens with zero attached hydrogens (tertiary/aromatic N) is 1. The molecule has 0 aliphatic rings. The first-order chi connectivity index (χ1) is 5.99. The third-order valence-electron chi connectivity index (χ3n) is 1.32. The minimum absolute atomic E-state index is 0. The summed E-state index contributed by atoms with van der Waals surface area (Å²) < 4.78 is 0. The van der Waals surface area contributed by atoms with Crippen LogP contribution in [0.3, 0.4) is 0 Å². The second-order valence-electron chi connectivity index (χ2n) is 3.87. The van der Waals surface area contributed by atoms with E-state index < -0.39 is 0 Å². The van der Waals surface area contributed by atoms with E-state index >= 15 is 0 Å². The molecule has 0 radical (unpaired) electrons. The third kappa shape index (κ3) is 10.4. The molecule has 0 fully saturated rings. The molecule has 0 aromatic carbocycles. The van der Waals surface area contributed by atoms with Crippen LogP contribution < -0.4 is 10.6 Å². The van der Waals surface area contributed by atoms with Crippen molar-refractivity contribution in [3.8, 4) is 0 Å². The van der Waals surface area contributed by atoms with E-state index in [9.17, 15) is 0 Å². The molecule has 86 valence electrons. The van der Waals surface area contributed by atoms with Gasteiger partial charge in [0.25, 0.3) is 0 Å². The van der Waals surface area contributed by atoms with Crippen LogP contribution in [0.25, 0.3) is 0 Å². The average Bonchev–Trinajstić information content (AvgIpc) is 2.01. The molecule has 3 nitrogen and oxygen atoms in total. The number of thioether (sulfide) groups is 1. The molecule has 0 rings (SSSR count). The largest absolute Gasteiger partial charge is 0.356 e. The van der Waals surface area contributed by atoms with Crippen molar-refractivity contribution in [1.82, 2.24) is 10.6 Å². The number of nitrogens with one attached hydrogen (secondary N) is 2. The van der Waals surface area contributed by atoms with Crippen LogP contribution in [0.2, 0.25) is 0 Å². The zero-order chi connectivity index (χ0) is 10.3. The summed E-state index contributed by atoms with van der Waals surface area (Å²) >= 11 is 1.83. The summed E-state index contributed by atoms with van der Waals surface area (Å²) in [6, 6.07) is 0. The highest BCUT2D eigenvalue weighted by Crippen LogP contribution is 1.97. The standard InChI is InChI=1S/C9H21N3S.HI/c1-9(2,3)12-8(10-4)11-6-7-13-5;/h6-7H2,1-5H3,(H2,10,11,12);1H.